The van der Waals surface area contributed by atoms with Crippen LogP contribution in [0, 0.1) is 0 Å². The number of morpholine rings is 1. The van der Waals surface area contributed by atoms with Crippen LogP contribution in [0.5, 0.6) is 0 Å². The Morgan fingerprint density at radius 3 is 2.46 bits per heavy atom. The Balaban J connectivity index is 1.74. The summed E-state index contributed by atoms with van der Waals surface area (Å²) < 4.78 is 37.4. The Hall–Kier alpha value is -2.76. The monoisotopic (exact) mass is 520 g/mol. The third-order valence-corrected chi connectivity index (χ3v) is 8.12. The summed E-state index contributed by atoms with van der Waals surface area (Å²) in [6.45, 7) is 1.49. The molecule has 0 aliphatic carbocycles. The average molecular weight is 521 g/mol. The van der Waals surface area contributed by atoms with Crippen LogP contribution >= 0.6 is 11.6 Å². The fourth-order valence-electron chi connectivity index (χ4n) is 4.20. The first-order valence-electron chi connectivity index (χ1n) is 11.0. The highest BCUT2D eigenvalue weighted by Gasteiger charge is 2.46. The number of hydrogen-bond acceptors (Lipinski definition) is 7. The highest BCUT2D eigenvalue weighted by atomic mass is 35.5. The van der Waals surface area contributed by atoms with Crippen LogP contribution in [-0.4, -0.2) is 81.0 Å². The third kappa shape index (κ3) is 4.98. The number of carbonyl (C=O) groups excluding carboxylic acids is 2. The van der Waals surface area contributed by atoms with Gasteiger partial charge in [-0.2, -0.15) is 4.31 Å². The normalized spacial score (nSPS) is 21.0. The molecule has 0 spiro atoms. The molecule has 1 amide bonds. The van der Waals surface area contributed by atoms with E-state index in [1.807, 2.05) is 0 Å². The van der Waals surface area contributed by atoms with Crippen molar-refractivity contribution in [1.29, 1.82) is 0 Å². The van der Waals surface area contributed by atoms with Crippen LogP contribution < -0.4 is 0 Å². The maximum absolute atomic E-state index is 13.0. The zero-order valence-electron chi connectivity index (χ0n) is 19.0. The molecule has 11 heteroatoms. The lowest BCUT2D eigenvalue weighted by atomic mass is 9.95. The van der Waals surface area contributed by atoms with Crippen LogP contribution in [0.4, 0.5) is 0 Å². The third-order valence-electron chi connectivity index (χ3n) is 5.98. The van der Waals surface area contributed by atoms with Gasteiger partial charge in [-0.1, -0.05) is 23.7 Å². The number of nitrogens with zero attached hydrogens (tertiary/aromatic N) is 2. The lowest BCUT2D eigenvalue weighted by Crippen LogP contribution is -2.40. The molecular weight excluding hydrogens is 496 g/mol. The number of likely N-dealkylation sites (tertiary alicyclic amines) is 1. The van der Waals surface area contributed by atoms with E-state index in [1.54, 1.807) is 24.3 Å². The summed E-state index contributed by atoms with van der Waals surface area (Å²) >= 11 is 6.16. The topological polar surface area (TPSA) is 113 Å². The van der Waals surface area contributed by atoms with E-state index in [-0.39, 0.29) is 42.3 Å². The smallest absolute Gasteiger partial charge is 0.295 e. The number of ether oxygens (including phenoxy) is 2. The maximum atomic E-state index is 13.0. The van der Waals surface area contributed by atoms with E-state index < -0.39 is 33.5 Å². The van der Waals surface area contributed by atoms with Gasteiger partial charge in [0.1, 0.15) is 5.76 Å². The lowest BCUT2D eigenvalue weighted by molar-refractivity contribution is -0.140. The zero-order chi connectivity index (χ0) is 25.2. The zero-order valence-corrected chi connectivity index (χ0v) is 20.6. The van der Waals surface area contributed by atoms with E-state index in [1.165, 1.54) is 40.6 Å². The summed E-state index contributed by atoms with van der Waals surface area (Å²) in [6.07, 6.45) is 0. The molecule has 1 unspecified atom stereocenters. The van der Waals surface area contributed by atoms with Crippen molar-refractivity contribution in [3.8, 4) is 0 Å². The molecule has 2 saturated heterocycles. The van der Waals surface area contributed by atoms with E-state index in [0.717, 1.165) is 0 Å². The SMILES string of the molecule is COCCN1C(=O)C(=O)C(=C(O)c2ccc(S(=O)(=O)N3CCOCC3)cc2)C1c1cccc(Cl)c1. The minimum atomic E-state index is -3.72. The van der Waals surface area contributed by atoms with Crippen molar-refractivity contribution in [3.05, 3.63) is 70.3 Å². The fraction of sp³-hybridized carbons (Fsp3) is 0.333. The fourth-order valence-corrected chi connectivity index (χ4v) is 5.81. The van der Waals surface area contributed by atoms with E-state index in [2.05, 4.69) is 0 Å². The first kappa shape index (κ1) is 25.3. The molecule has 2 aliphatic rings. The number of amides is 1. The molecule has 1 N–H and O–H groups in total. The molecule has 186 valence electrons. The van der Waals surface area contributed by atoms with E-state index in [0.29, 0.717) is 23.8 Å². The number of rotatable bonds is 7. The van der Waals surface area contributed by atoms with Crippen molar-refractivity contribution in [1.82, 2.24) is 9.21 Å². The van der Waals surface area contributed by atoms with E-state index in [4.69, 9.17) is 21.1 Å². The Bertz CT molecular complexity index is 1250. The Morgan fingerprint density at radius 2 is 1.83 bits per heavy atom. The number of ketones is 1. The standard InChI is InChI=1S/C24H25ClN2O7S/c1-33-12-11-27-21(17-3-2-4-18(25)15-17)20(23(29)24(27)30)22(28)16-5-7-19(8-6-16)35(31,32)26-9-13-34-14-10-26/h2-8,15,21,28H,9-14H2,1H3. The predicted molar refractivity (Wildman–Crippen MR) is 128 cm³/mol. The lowest BCUT2D eigenvalue weighted by Gasteiger charge is -2.26. The molecule has 2 aromatic carbocycles. The summed E-state index contributed by atoms with van der Waals surface area (Å²) in [5, 5.41) is 11.5. The van der Waals surface area contributed by atoms with Crippen molar-refractivity contribution in [3.63, 3.8) is 0 Å². The number of aliphatic hydroxyl groups excluding tert-OH is 1. The second kappa shape index (κ2) is 10.5. The first-order valence-corrected chi connectivity index (χ1v) is 12.8. The van der Waals surface area contributed by atoms with Gasteiger partial charge in [0.05, 0.1) is 36.3 Å². The molecule has 35 heavy (non-hydrogen) atoms. The van der Waals surface area contributed by atoms with Crippen LogP contribution in [0.25, 0.3) is 5.76 Å². The minimum Gasteiger partial charge on any atom is -0.507 e. The van der Waals surface area contributed by atoms with Gasteiger partial charge in [-0.15, -0.1) is 0 Å². The molecule has 0 saturated carbocycles. The molecule has 2 heterocycles. The van der Waals surface area contributed by atoms with E-state index >= 15 is 0 Å². The molecule has 2 fully saturated rings. The van der Waals surface area contributed by atoms with Crippen molar-refractivity contribution in [2.75, 3.05) is 46.6 Å². The summed E-state index contributed by atoms with van der Waals surface area (Å²) in [7, 11) is -2.24. The Labute approximate surface area is 208 Å². The molecule has 2 aromatic rings. The van der Waals surface area contributed by atoms with Crippen molar-refractivity contribution >= 4 is 39.1 Å². The van der Waals surface area contributed by atoms with Crippen molar-refractivity contribution in [2.45, 2.75) is 10.9 Å². The number of Topliss-reactive ketones (excluding diaryl/α,β-unsaturated/α-hetero) is 1. The van der Waals surface area contributed by atoms with Gasteiger partial charge in [-0.05, 0) is 42.0 Å². The summed E-state index contributed by atoms with van der Waals surface area (Å²) in [4.78, 5) is 27.2. The number of hydrogen-bond donors (Lipinski definition) is 1. The maximum Gasteiger partial charge on any atom is 0.295 e. The number of sulfonamides is 1. The highest BCUT2D eigenvalue weighted by molar-refractivity contribution is 7.89. The molecule has 4 rings (SSSR count). The minimum absolute atomic E-state index is 0.0582. The van der Waals surface area contributed by atoms with Gasteiger partial charge in [0.2, 0.25) is 10.0 Å². The van der Waals surface area contributed by atoms with E-state index in [9.17, 15) is 23.1 Å². The predicted octanol–water partition coefficient (Wildman–Crippen LogP) is 2.43. The highest BCUT2D eigenvalue weighted by Crippen LogP contribution is 2.40. The largest absolute Gasteiger partial charge is 0.507 e. The number of halogens is 1. The molecule has 0 bridgehead atoms. The molecule has 2 aliphatic heterocycles. The van der Waals surface area contributed by atoms with Gasteiger partial charge in [0.15, 0.2) is 0 Å². The van der Waals surface area contributed by atoms with Crippen LogP contribution in [0.2, 0.25) is 5.02 Å². The van der Waals surface area contributed by atoms with Gasteiger partial charge in [-0.25, -0.2) is 8.42 Å². The van der Waals surface area contributed by atoms with Crippen LogP contribution in [-0.2, 0) is 29.1 Å². The van der Waals surface area contributed by atoms with Gasteiger partial charge in [0.25, 0.3) is 11.7 Å². The number of methoxy groups -OCH3 is 1. The first-order chi connectivity index (χ1) is 16.8. The van der Waals surface area contributed by atoms with Crippen LogP contribution in [0.3, 0.4) is 0 Å². The van der Waals surface area contributed by atoms with Crippen LogP contribution in [0.1, 0.15) is 17.2 Å². The quantitative estimate of drug-likeness (QED) is 0.339. The molecule has 9 nitrogen and oxygen atoms in total. The Kier molecular flexibility index (Phi) is 7.58. The molecular formula is C24H25ClN2O7S. The number of carbonyl (C=O) groups is 2. The molecule has 0 aromatic heterocycles. The second-order valence-electron chi connectivity index (χ2n) is 8.08. The number of benzene rings is 2. The van der Waals surface area contributed by atoms with Crippen molar-refractivity contribution < 1.29 is 32.6 Å². The van der Waals surface area contributed by atoms with Gasteiger partial charge in [-0.3, -0.25) is 9.59 Å². The second-order valence-corrected chi connectivity index (χ2v) is 10.5. The number of aliphatic hydroxyl groups is 1. The van der Waals surface area contributed by atoms with Crippen molar-refractivity contribution in [2.24, 2.45) is 0 Å². The van der Waals surface area contributed by atoms with Gasteiger partial charge in [0, 0.05) is 37.3 Å². The molecule has 0 radical (unpaired) electrons. The van der Waals surface area contributed by atoms with Crippen LogP contribution in [0.15, 0.2) is 59.0 Å². The Morgan fingerprint density at radius 1 is 1.14 bits per heavy atom. The average Bonchev–Trinajstić information content (AvgIpc) is 3.12. The summed E-state index contributed by atoms with van der Waals surface area (Å²) in [5.74, 6) is -2.00. The molecule has 1 atom stereocenters. The summed E-state index contributed by atoms with van der Waals surface area (Å²) in [6, 6.07) is 11.4. The van der Waals surface area contributed by atoms with Gasteiger partial charge < -0.3 is 19.5 Å². The summed E-state index contributed by atoms with van der Waals surface area (Å²) in [5.41, 5.74) is 0.667. The van der Waals surface area contributed by atoms with Gasteiger partial charge >= 0.3 is 0 Å².